The van der Waals surface area contributed by atoms with E-state index in [-0.39, 0.29) is 27.2 Å². The Hall–Kier alpha value is -2.54. The summed E-state index contributed by atoms with van der Waals surface area (Å²) in [5, 5.41) is 19.1. The maximum atomic E-state index is 12.6. The van der Waals surface area contributed by atoms with Gasteiger partial charge in [-0.1, -0.05) is 45.4 Å². The molecule has 6 nitrogen and oxygen atoms in total. The van der Waals surface area contributed by atoms with Crippen LogP contribution in [0.4, 0.5) is 0 Å². The van der Waals surface area contributed by atoms with Gasteiger partial charge in [-0.05, 0) is 55.0 Å². The molecule has 1 radical (unpaired) electrons. The van der Waals surface area contributed by atoms with Gasteiger partial charge < -0.3 is 5.11 Å². The van der Waals surface area contributed by atoms with E-state index in [0.29, 0.717) is 6.42 Å². The molecule has 0 aromatic heterocycles. The molecule has 0 aliphatic heterocycles. The predicted octanol–water partition coefficient (Wildman–Crippen LogP) is 4.87. The van der Waals surface area contributed by atoms with Crippen LogP contribution in [-0.2, 0) is 14.7 Å². The number of rotatable bonds is 12. The second-order valence-corrected chi connectivity index (χ2v) is 8.85. The first-order chi connectivity index (χ1) is 13.9. The van der Waals surface area contributed by atoms with E-state index in [1.807, 2.05) is 0 Å². The van der Waals surface area contributed by atoms with Crippen LogP contribution < -0.4 is 10.3 Å². The predicted molar refractivity (Wildman–Crippen MR) is 111 cm³/mol. The summed E-state index contributed by atoms with van der Waals surface area (Å²) in [5.74, 6) is 0.0810. The fourth-order valence-corrected chi connectivity index (χ4v) is 4.07. The molecule has 0 unspecified atom stereocenters. The molecule has 0 spiro atoms. The molecule has 29 heavy (non-hydrogen) atoms. The van der Waals surface area contributed by atoms with Crippen molar-refractivity contribution in [3.05, 3.63) is 48.5 Å². The average Bonchev–Trinajstić information content (AvgIpc) is 2.72. The summed E-state index contributed by atoms with van der Waals surface area (Å²) >= 11 is 0. The third-order valence-corrected chi connectivity index (χ3v) is 6.29. The van der Waals surface area contributed by atoms with Crippen LogP contribution in [0.25, 0.3) is 0 Å². The molecule has 0 saturated carbocycles. The third kappa shape index (κ3) is 7.42. The molecular weight excluding hydrogens is 390 g/mol. The van der Waals surface area contributed by atoms with E-state index in [2.05, 4.69) is 6.92 Å². The maximum absolute atomic E-state index is 12.6. The standard InChI is InChI=1S/C22H28NO5S/c1-2-3-4-5-6-7-8-9-22(23)28-27-19-12-16-21(17-13-19)29(25,26)20-14-10-18(24)11-15-20/h10-17,24H,2-9H2,1H3. The molecule has 0 saturated heterocycles. The van der Waals surface area contributed by atoms with Gasteiger partial charge in [-0.25, -0.2) is 8.42 Å². The lowest BCUT2D eigenvalue weighted by Crippen LogP contribution is -2.09. The zero-order valence-corrected chi connectivity index (χ0v) is 17.5. The molecule has 2 aromatic rings. The minimum Gasteiger partial charge on any atom is -0.508 e. The van der Waals surface area contributed by atoms with Gasteiger partial charge in [0, 0.05) is 6.42 Å². The number of aromatic hydroxyl groups is 1. The fourth-order valence-electron chi connectivity index (χ4n) is 2.81. The molecule has 2 aromatic carbocycles. The maximum Gasteiger partial charge on any atom is 0.264 e. The van der Waals surface area contributed by atoms with E-state index >= 15 is 0 Å². The van der Waals surface area contributed by atoms with Gasteiger partial charge in [-0.3, -0.25) is 9.78 Å². The Bertz CT molecular complexity index is 861. The lowest BCUT2D eigenvalue weighted by Gasteiger charge is -2.08. The summed E-state index contributed by atoms with van der Waals surface area (Å²) in [7, 11) is -3.69. The molecule has 1 N–H and O–H groups in total. The fraction of sp³-hybridized carbons (Fsp3) is 0.409. The molecule has 0 heterocycles. The SMILES string of the molecule is CCCCCCCCCC(=[N])OOc1ccc(S(=O)(=O)c2ccc(O)cc2)cc1. The minimum absolute atomic E-state index is 0.00241. The third-order valence-electron chi connectivity index (χ3n) is 4.51. The molecular formula is C22H28NO5S. The minimum atomic E-state index is -3.69. The summed E-state index contributed by atoms with van der Waals surface area (Å²) in [6, 6.07) is 11.0. The van der Waals surface area contributed by atoms with Crippen LogP contribution in [0.1, 0.15) is 58.3 Å². The summed E-state index contributed by atoms with van der Waals surface area (Å²) < 4.78 is 25.1. The molecule has 2 rings (SSSR count). The highest BCUT2D eigenvalue weighted by molar-refractivity contribution is 7.91. The van der Waals surface area contributed by atoms with Gasteiger partial charge in [0.15, 0.2) is 5.75 Å². The molecule has 0 aliphatic carbocycles. The van der Waals surface area contributed by atoms with Crippen molar-refractivity contribution in [1.82, 2.24) is 5.41 Å². The van der Waals surface area contributed by atoms with E-state index in [1.54, 1.807) is 0 Å². The van der Waals surface area contributed by atoms with Gasteiger partial charge in [0.1, 0.15) is 5.75 Å². The van der Waals surface area contributed by atoms with E-state index in [9.17, 15) is 18.9 Å². The highest BCUT2D eigenvalue weighted by Gasteiger charge is 2.17. The average molecular weight is 419 g/mol. The van der Waals surface area contributed by atoms with Crippen molar-refractivity contribution < 1.29 is 23.3 Å². The van der Waals surface area contributed by atoms with E-state index < -0.39 is 9.84 Å². The number of nitrogens with zero attached hydrogens (tertiary/aromatic N) is 1. The van der Waals surface area contributed by atoms with Crippen LogP contribution in [0.5, 0.6) is 11.5 Å². The number of phenols is 1. The second-order valence-electron chi connectivity index (χ2n) is 6.90. The first kappa shape index (κ1) is 22.7. The number of sulfone groups is 1. The van der Waals surface area contributed by atoms with Crippen LogP contribution in [0, 0.1) is 0 Å². The largest absolute Gasteiger partial charge is 0.508 e. The topological polar surface area (TPSA) is 95.1 Å². The molecule has 0 aliphatic rings. The highest BCUT2D eigenvalue weighted by Crippen LogP contribution is 2.24. The first-order valence-electron chi connectivity index (χ1n) is 9.97. The molecule has 0 amide bonds. The Morgan fingerprint density at radius 3 is 1.97 bits per heavy atom. The Balaban J connectivity index is 1.77. The number of hydrogen-bond donors (Lipinski definition) is 1. The zero-order valence-electron chi connectivity index (χ0n) is 16.7. The second kappa shape index (κ2) is 11.5. The number of benzene rings is 2. The van der Waals surface area contributed by atoms with Gasteiger partial charge in [0.25, 0.3) is 5.90 Å². The Morgan fingerprint density at radius 1 is 0.862 bits per heavy atom. The first-order valence-corrected chi connectivity index (χ1v) is 11.5. The van der Waals surface area contributed by atoms with Crippen LogP contribution in [0.15, 0.2) is 58.3 Å². The number of unbranched alkanes of at least 4 members (excludes halogenated alkanes) is 6. The molecule has 0 bridgehead atoms. The lowest BCUT2D eigenvalue weighted by molar-refractivity contribution is -0.119. The number of hydrogen-bond acceptors (Lipinski definition) is 5. The monoisotopic (exact) mass is 418 g/mol. The molecule has 7 heteroatoms. The van der Waals surface area contributed by atoms with E-state index in [1.165, 1.54) is 74.2 Å². The van der Waals surface area contributed by atoms with Crippen molar-refractivity contribution in [2.45, 2.75) is 68.1 Å². The van der Waals surface area contributed by atoms with Crippen LogP contribution in [-0.4, -0.2) is 19.4 Å². The normalized spacial score (nSPS) is 11.2. The van der Waals surface area contributed by atoms with Crippen LogP contribution >= 0.6 is 0 Å². The Kier molecular flexibility index (Phi) is 8.99. The summed E-state index contributed by atoms with van der Waals surface area (Å²) in [4.78, 5) is 10.1. The summed E-state index contributed by atoms with van der Waals surface area (Å²) in [6.07, 6.45) is 8.36. The van der Waals surface area contributed by atoms with Crippen molar-refractivity contribution in [2.24, 2.45) is 0 Å². The van der Waals surface area contributed by atoms with Gasteiger partial charge >= 0.3 is 0 Å². The molecule has 157 valence electrons. The van der Waals surface area contributed by atoms with Crippen molar-refractivity contribution >= 4 is 15.7 Å². The zero-order chi connectivity index (χ0) is 21.1. The van der Waals surface area contributed by atoms with Crippen molar-refractivity contribution in [2.75, 3.05) is 0 Å². The molecule has 0 atom stereocenters. The van der Waals surface area contributed by atoms with Gasteiger partial charge in [-0.15, -0.1) is 5.41 Å². The Morgan fingerprint density at radius 2 is 1.38 bits per heavy atom. The van der Waals surface area contributed by atoms with Crippen molar-refractivity contribution in [3.63, 3.8) is 0 Å². The smallest absolute Gasteiger partial charge is 0.264 e. The van der Waals surface area contributed by atoms with Crippen LogP contribution in [0.3, 0.4) is 0 Å². The van der Waals surface area contributed by atoms with Crippen LogP contribution in [0.2, 0.25) is 0 Å². The van der Waals surface area contributed by atoms with Gasteiger partial charge in [0.2, 0.25) is 9.84 Å². The van der Waals surface area contributed by atoms with Crippen molar-refractivity contribution in [1.29, 1.82) is 0 Å². The van der Waals surface area contributed by atoms with Crippen molar-refractivity contribution in [3.8, 4) is 11.5 Å². The Labute approximate surface area is 172 Å². The summed E-state index contributed by atoms with van der Waals surface area (Å²) in [5.41, 5.74) is 0. The van der Waals surface area contributed by atoms with E-state index in [4.69, 9.17) is 9.78 Å². The highest BCUT2D eigenvalue weighted by atomic mass is 32.2. The summed E-state index contributed by atoms with van der Waals surface area (Å²) in [6.45, 7) is 2.19. The lowest BCUT2D eigenvalue weighted by atomic mass is 10.1. The van der Waals surface area contributed by atoms with Gasteiger partial charge in [-0.2, -0.15) is 0 Å². The molecule has 0 fully saturated rings. The number of phenolic OH excluding ortho intramolecular Hbond substituents is 1. The van der Waals surface area contributed by atoms with E-state index in [0.717, 1.165) is 19.3 Å². The van der Waals surface area contributed by atoms with Gasteiger partial charge in [0.05, 0.1) is 9.79 Å². The quantitative estimate of drug-likeness (QED) is 0.174.